The molecule has 2 aliphatic heterocycles. The highest BCUT2D eigenvalue weighted by atomic mass is 35.5. The molecule has 110 valence electrons. The lowest BCUT2D eigenvalue weighted by molar-refractivity contribution is -0.122. The number of ether oxygens (including phenoxy) is 2. The second-order valence-corrected chi connectivity index (χ2v) is 5.42. The van der Waals surface area contributed by atoms with Crippen LogP contribution < -0.4 is 9.47 Å². The Morgan fingerprint density at radius 1 is 1.38 bits per heavy atom. The first-order chi connectivity index (χ1) is 10.0. The zero-order chi connectivity index (χ0) is 15.1. The van der Waals surface area contributed by atoms with E-state index in [0.29, 0.717) is 39.4 Å². The van der Waals surface area contributed by atoms with Gasteiger partial charge in [0.15, 0.2) is 16.6 Å². The van der Waals surface area contributed by atoms with Crippen LogP contribution in [0.4, 0.5) is 0 Å². The van der Waals surface area contributed by atoms with Crippen molar-refractivity contribution in [1.29, 1.82) is 0 Å². The lowest BCUT2D eigenvalue weighted by Crippen LogP contribution is -2.30. The van der Waals surface area contributed by atoms with Gasteiger partial charge in [0.05, 0.1) is 5.02 Å². The lowest BCUT2D eigenvalue weighted by atomic mass is 10.1. The number of fused-ring (bicyclic) bond motifs is 1. The van der Waals surface area contributed by atoms with Crippen LogP contribution in [0.15, 0.2) is 17.8 Å². The van der Waals surface area contributed by atoms with Crippen LogP contribution in [0, 0.1) is 0 Å². The largest absolute Gasteiger partial charge is 0.454 e. The van der Waals surface area contributed by atoms with Gasteiger partial charge in [-0.25, -0.2) is 0 Å². The van der Waals surface area contributed by atoms with E-state index in [1.54, 1.807) is 35.1 Å². The molecule has 21 heavy (non-hydrogen) atoms. The summed E-state index contributed by atoms with van der Waals surface area (Å²) < 4.78 is 10.6. The minimum atomic E-state index is -0.126. The van der Waals surface area contributed by atoms with E-state index >= 15 is 0 Å². The molecular weight excluding hydrogens is 312 g/mol. The van der Waals surface area contributed by atoms with E-state index in [1.165, 1.54) is 0 Å². The zero-order valence-electron chi connectivity index (χ0n) is 11.6. The summed E-state index contributed by atoms with van der Waals surface area (Å²) in [5, 5.41) is 0.986. The average Bonchev–Trinajstić information content (AvgIpc) is 2.98. The van der Waals surface area contributed by atoms with Crippen LogP contribution in [-0.2, 0) is 4.79 Å². The topological polar surface area (TPSA) is 42.0 Å². The molecule has 2 aliphatic rings. The predicted molar refractivity (Wildman–Crippen MR) is 83.3 cm³/mol. The fraction of sp³-hybridized carbons (Fsp3) is 0.286. The summed E-state index contributed by atoms with van der Waals surface area (Å²) in [6, 6.07) is 3.45. The van der Waals surface area contributed by atoms with Gasteiger partial charge in [0, 0.05) is 19.7 Å². The third-order valence-electron chi connectivity index (χ3n) is 3.44. The highest BCUT2D eigenvalue weighted by Crippen LogP contribution is 2.38. The van der Waals surface area contributed by atoms with Crippen LogP contribution in [0.2, 0.25) is 5.02 Å². The van der Waals surface area contributed by atoms with Crippen LogP contribution in [0.1, 0.15) is 12.5 Å². The van der Waals surface area contributed by atoms with E-state index in [4.69, 9.17) is 33.3 Å². The standard InChI is InChI=1S/C14H13ClN2O3S/c1-3-17-13(18)10(16(2)14(17)21)4-8-5-11-12(6-9(8)15)20-7-19-11/h4-6H,3,7H2,1-2H3/b10-4-. The molecule has 1 fully saturated rings. The number of hydrogen-bond donors (Lipinski definition) is 0. The van der Waals surface area contributed by atoms with Gasteiger partial charge < -0.3 is 14.4 Å². The number of benzene rings is 1. The van der Waals surface area contributed by atoms with Gasteiger partial charge in [0.1, 0.15) is 5.70 Å². The molecule has 0 aliphatic carbocycles. The Bertz CT molecular complexity index is 674. The molecule has 7 heteroatoms. The van der Waals surface area contributed by atoms with Crippen molar-refractivity contribution < 1.29 is 14.3 Å². The summed E-state index contributed by atoms with van der Waals surface area (Å²) in [6.45, 7) is 2.60. The molecule has 5 nitrogen and oxygen atoms in total. The first kappa shape index (κ1) is 14.2. The average molecular weight is 325 g/mol. The summed E-state index contributed by atoms with van der Waals surface area (Å²) in [5.74, 6) is 1.10. The summed E-state index contributed by atoms with van der Waals surface area (Å²) in [7, 11) is 1.77. The monoisotopic (exact) mass is 324 g/mol. The van der Waals surface area contributed by atoms with Gasteiger partial charge in [-0.15, -0.1) is 0 Å². The van der Waals surface area contributed by atoms with Crippen molar-refractivity contribution in [3.63, 3.8) is 0 Å². The molecular formula is C14H13ClN2O3S. The van der Waals surface area contributed by atoms with Gasteiger partial charge in [0.2, 0.25) is 6.79 Å². The number of carbonyl (C=O) groups is 1. The maximum Gasteiger partial charge on any atom is 0.276 e. The Kier molecular flexibility index (Phi) is 3.51. The maximum absolute atomic E-state index is 12.3. The van der Waals surface area contributed by atoms with E-state index in [2.05, 4.69) is 0 Å². The summed E-state index contributed by atoms with van der Waals surface area (Å²) >= 11 is 11.5. The summed E-state index contributed by atoms with van der Waals surface area (Å²) in [6.07, 6.45) is 1.72. The number of carbonyl (C=O) groups excluding carboxylic acids is 1. The van der Waals surface area contributed by atoms with Gasteiger partial charge in [0.25, 0.3) is 5.91 Å². The molecule has 3 rings (SSSR count). The quantitative estimate of drug-likeness (QED) is 0.617. The van der Waals surface area contributed by atoms with Gasteiger partial charge in [-0.3, -0.25) is 9.69 Å². The van der Waals surface area contributed by atoms with E-state index in [9.17, 15) is 4.79 Å². The molecule has 0 bridgehead atoms. The van der Waals surface area contributed by atoms with Crippen LogP contribution in [0.3, 0.4) is 0 Å². The number of likely N-dealkylation sites (N-methyl/N-ethyl adjacent to an activating group) is 2. The molecule has 1 amide bonds. The molecule has 0 radical (unpaired) electrons. The van der Waals surface area contributed by atoms with E-state index < -0.39 is 0 Å². The van der Waals surface area contributed by atoms with Crippen molar-refractivity contribution in [2.24, 2.45) is 0 Å². The number of halogens is 1. The Morgan fingerprint density at radius 2 is 2.05 bits per heavy atom. The number of amides is 1. The number of hydrogen-bond acceptors (Lipinski definition) is 4. The van der Waals surface area contributed by atoms with Crippen LogP contribution in [0.5, 0.6) is 11.5 Å². The van der Waals surface area contributed by atoms with Gasteiger partial charge >= 0.3 is 0 Å². The summed E-state index contributed by atoms with van der Waals surface area (Å²) in [5.41, 5.74) is 1.18. The fourth-order valence-corrected chi connectivity index (χ4v) is 2.80. The second kappa shape index (κ2) is 5.20. The predicted octanol–water partition coefficient (Wildman–Crippen LogP) is 2.49. The molecule has 0 atom stereocenters. The number of nitrogens with zero attached hydrogens (tertiary/aromatic N) is 2. The lowest BCUT2D eigenvalue weighted by Gasteiger charge is -2.13. The molecule has 2 heterocycles. The Morgan fingerprint density at radius 3 is 2.67 bits per heavy atom. The van der Waals surface area contributed by atoms with E-state index in [-0.39, 0.29) is 12.7 Å². The first-order valence-electron chi connectivity index (χ1n) is 6.43. The minimum absolute atomic E-state index is 0.126. The van der Waals surface area contributed by atoms with E-state index in [0.717, 1.165) is 0 Å². The number of rotatable bonds is 2. The highest BCUT2D eigenvalue weighted by molar-refractivity contribution is 7.80. The minimum Gasteiger partial charge on any atom is -0.454 e. The molecule has 1 aromatic rings. The highest BCUT2D eigenvalue weighted by Gasteiger charge is 2.34. The van der Waals surface area contributed by atoms with Gasteiger partial charge in [-0.05, 0) is 36.8 Å². The SMILES string of the molecule is CCN1C(=O)/C(=C/c2cc3c(cc2Cl)OCO3)N(C)C1=S. The van der Waals surface area contributed by atoms with Gasteiger partial charge in [-0.2, -0.15) is 0 Å². The van der Waals surface area contributed by atoms with Crippen molar-refractivity contribution in [1.82, 2.24) is 9.80 Å². The van der Waals surface area contributed by atoms with Crippen LogP contribution >= 0.6 is 23.8 Å². The molecule has 0 N–H and O–H groups in total. The third kappa shape index (κ3) is 2.24. The Balaban J connectivity index is 2.02. The summed E-state index contributed by atoms with van der Waals surface area (Å²) in [4.78, 5) is 15.6. The molecule has 1 aromatic carbocycles. The van der Waals surface area contributed by atoms with E-state index in [1.807, 2.05) is 6.92 Å². The van der Waals surface area contributed by atoms with Crippen molar-refractivity contribution in [3.8, 4) is 11.5 Å². The Labute approximate surface area is 132 Å². The number of thiocarbonyl (C=S) groups is 1. The fourth-order valence-electron chi connectivity index (χ4n) is 2.28. The first-order valence-corrected chi connectivity index (χ1v) is 7.22. The second-order valence-electron chi connectivity index (χ2n) is 4.65. The molecule has 0 saturated carbocycles. The van der Waals surface area contributed by atoms with Crippen molar-refractivity contribution in [2.45, 2.75) is 6.92 Å². The third-order valence-corrected chi connectivity index (χ3v) is 4.27. The smallest absolute Gasteiger partial charge is 0.276 e. The van der Waals surface area contributed by atoms with Crippen molar-refractivity contribution in [3.05, 3.63) is 28.4 Å². The normalized spacial score (nSPS) is 19.1. The Hall–Kier alpha value is -1.79. The van der Waals surface area contributed by atoms with Crippen LogP contribution in [0.25, 0.3) is 6.08 Å². The maximum atomic E-state index is 12.3. The van der Waals surface area contributed by atoms with Crippen molar-refractivity contribution in [2.75, 3.05) is 20.4 Å². The molecule has 0 aromatic heterocycles. The zero-order valence-corrected chi connectivity index (χ0v) is 13.1. The van der Waals surface area contributed by atoms with Gasteiger partial charge in [-0.1, -0.05) is 11.6 Å². The molecule has 0 spiro atoms. The molecule has 0 unspecified atom stereocenters. The molecule has 1 saturated heterocycles. The van der Waals surface area contributed by atoms with Crippen LogP contribution in [-0.4, -0.2) is 41.2 Å². The van der Waals surface area contributed by atoms with Crippen molar-refractivity contribution >= 4 is 40.9 Å².